The van der Waals surface area contributed by atoms with Gasteiger partial charge in [0.1, 0.15) is 16.7 Å². The minimum atomic E-state index is 0.541. The van der Waals surface area contributed by atoms with Crippen LogP contribution in [0.5, 0.6) is 0 Å². The molecular weight excluding hydrogens is 1020 g/mol. The van der Waals surface area contributed by atoms with Crippen molar-refractivity contribution < 1.29 is 4.42 Å². The third-order valence-corrected chi connectivity index (χ3v) is 14.8. The molecule has 0 aliphatic heterocycles. The van der Waals surface area contributed by atoms with Crippen LogP contribution in [0.2, 0.25) is 0 Å². The van der Waals surface area contributed by atoms with Crippen LogP contribution in [0.4, 0.5) is 0 Å². The highest BCUT2D eigenvalue weighted by atomic mass is 31.0. The van der Waals surface area contributed by atoms with Crippen molar-refractivity contribution in [2.45, 2.75) is 0 Å². The zero-order valence-electron chi connectivity index (χ0n) is 43.1. The molecule has 11 nitrogen and oxygen atoms in total. The van der Waals surface area contributed by atoms with Gasteiger partial charge in [-0.3, -0.25) is 0 Å². The summed E-state index contributed by atoms with van der Waals surface area (Å²) in [7, 11) is 2.67. The number of fused-ring (bicyclic) bond motifs is 6. The molecule has 0 saturated heterocycles. The molecule has 81 heavy (non-hydrogen) atoms. The van der Waals surface area contributed by atoms with E-state index in [-0.39, 0.29) is 0 Å². The van der Waals surface area contributed by atoms with Gasteiger partial charge in [0.25, 0.3) is 0 Å². The summed E-state index contributed by atoms with van der Waals surface area (Å²) in [6.07, 6.45) is 0. The van der Waals surface area contributed by atoms with Crippen molar-refractivity contribution in [2.75, 3.05) is 0 Å². The summed E-state index contributed by atoms with van der Waals surface area (Å²) in [4.78, 5) is 45.4. The lowest BCUT2D eigenvalue weighted by Gasteiger charge is -2.16. The van der Waals surface area contributed by atoms with Crippen LogP contribution in [0.3, 0.4) is 0 Å². The summed E-state index contributed by atoms with van der Waals surface area (Å²) < 4.78 is 8.75. The quantitative estimate of drug-likeness (QED) is 0.122. The Kier molecular flexibility index (Phi) is 11.7. The number of benzene rings is 10. The van der Waals surface area contributed by atoms with Crippen molar-refractivity contribution in [3.8, 4) is 108 Å². The van der Waals surface area contributed by atoms with E-state index >= 15 is 0 Å². The maximum atomic E-state index is 6.40. The third kappa shape index (κ3) is 8.84. The van der Waals surface area contributed by atoms with E-state index in [4.69, 9.17) is 49.3 Å². The van der Waals surface area contributed by atoms with Gasteiger partial charge < -0.3 is 8.98 Å². The standard InChI is InChI=1S/C69H43N10OP/c81-69-77-65(46-26-14-5-15-27-46)76-68(78-69)50-32-36-58-54(41-50)53-40-49(67-74-63(44-22-10-3-11-23-44)71-64(75-67)45-24-12-4-13-25-45)31-35-57(53)79(58)56-34-30-48(39-52(56)47-33-37-60-55(38-47)51-28-16-17-29-59(51)80-60)66-72-61(42-18-6-1-7-19-42)70-62(73-66)43-20-8-2-9-21-43/h1-41H,81H2. The number of hydrogen-bond donors (Lipinski definition) is 0. The average molecular weight is 1060 g/mol. The molecule has 15 rings (SSSR count). The van der Waals surface area contributed by atoms with Gasteiger partial charge in [0.15, 0.2) is 46.6 Å². The Balaban J connectivity index is 0.984. The van der Waals surface area contributed by atoms with Crippen LogP contribution >= 0.6 is 9.24 Å². The molecular formula is C69H43N10OP. The molecule has 0 amide bonds. The van der Waals surface area contributed by atoms with Crippen molar-refractivity contribution in [3.05, 3.63) is 249 Å². The molecule has 0 bridgehead atoms. The van der Waals surface area contributed by atoms with E-state index in [1.165, 1.54) is 0 Å². The lowest BCUT2D eigenvalue weighted by molar-refractivity contribution is 0.669. The number of aromatic nitrogens is 10. The lowest BCUT2D eigenvalue weighted by Crippen LogP contribution is -2.09. The summed E-state index contributed by atoms with van der Waals surface area (Å²) in [5.74, 6) is 4.56. The fraction of sp³-hybridized carbons (Fsp3) is 0. The third-order valence-electron chi connectivity index (χ3n) is 14.5. The zero-order valence-corrected chi connectivity index (χ0v) is 44.3. The normalized spacial score (nSPS) is 11.5. The Morgan fingerprint density at radius 3 is 1.05 bits per heavy atom. The van der Waals surface area contributed by atoms with Gasteiger partial charge in [0.05, 0.1) is 16.7 Å². The maximum absolute atomic E-state index is 6.40. The second-order valence-electron chi connectivity index (χ2n) is 19.6. The Labute approximate surface area is 466 Å². The number of furan rings is 1. The molecule has 1 unspecified atom stereocenters. The summed E-state index contributed by atoms with van der Waals surface area (Å²) in [5.41, 5.74) is 13.9. The van der Waals surface area contributed by atoms with E-state index in [2.05, 4.69) is 92.7 Å². The highest BCUT2D eigenvalue weighted by Gasteiger charge is 2.23. The first kappa shape index (κ1) is 47.5. The molecule has 0 fully saturated rings. The van der Waals surface area contributed by atoms with Crippen LogP contribution in [-0.4, -0.2) is 49.4 Å². The predicted molar refractivity (Wildman–Crippen MR) is 326 cm³/mol. The maximum Gasteiger partial charge on any atom is 0.164 e. The molecule has 5 aromatic heterocycles. The van der Waals surface area contributed by atoms with Gasteiger partial charge in [0.2, 0.25) is 0 Å². The van der Waals surface area contributed by atoms with Crippen molar-refractivity contribution in [3.63, 3.8) is 0 Å². The molecule has 0 saturated carbocycles. The molecule has 12 heteroatoms. The molecule has 0 N–H and O–H groups in total. The Morgan fingerprint density at radius 1 is 0.259 bits per heavy atom. The van der Waals surface area contributed by atoms with Gasteiger partial charge in [-0.2, -0.15) is 0 Å². The highest BCUT2D eigenvalue weighted by Crippen LogP contribution is 2.42. The van der Waals surface area contributed by atoms with Crippen LogP contribution in [0.25, 0.3) is 152 Å². The fourth-order valence-electron chi connectivity index (χ4n) is 10.7. The van der Waals surface area contributed by atoms with Gasteiger partial charge in [-0.05, 0) is 78.4 Å². The van der Waals surface area contributed by atoms with E-state index < -0.39 is 0 Å². The van der Waals surface area contributed by atoms with E-state index in [0.717, 1.165) is 105 Å². The van der Waals surface area contributed by atoms with Crippen LogP contribution in [0.15, 0.2) is 253 Å². The molecule has 0 aliphatic carbocycles. The summed E-state index contributed by atoms with van der Waals surface area (Å²) in [6.45, 7) is 0. The number of para-hydroxylation sites is 1. The van der Waals surface area contributed by atoms with Gasteiger partial charge in [-0.1, -0.05) is 185 Å². The smallest absolute Gasteiger partial charge is 0.164 e. The molecule has 5 heterocycles. The first-order valence-electron chi connectivity index (χ1n) is 26.5. The zero-order chi connectivity index (χ0) is 53.8. The van der Waals surface area contributed by atoms with Crippen LogP contribution in [0, 0.1) is 0 Å². The van der Waals surface area contributed by atoms with Crippen LogP contribution in [-0.2, 0) is 0 Å². The van der Waals surface area contributed by atoms with Crippen molar-refractivity contribution in [1.82, 2.24) is 49.4 Å². The Morgan fingerprint density at radius 2 is 0.593 bits per heavy atom. The van der Waals surface area contributed by atoms with Crippen molar-refractivity contribution >= 4 is 58.5 Å². The highest BCUT2D eigenvalue weighted by molar-refractivity contribution is 7.26. The number of hydrogen-bond acceptors (Lipinski definition) is 10. The van der Waals surface area contributed by atoms with E-state index in [0.29, 0.717) is 52.2 Å². The molecule has 1 atom stereocenters. The molecule has 0 aliphatic rings. The monoisotopic (exact) mass is 1060 g/mol. The Bertz CT molecular complexity index is 4770. The first-order valence-corrected chi connectivity index (χ1v) is 27.1. The number of nitrogens with zero attached hydrogens (tertiary/aromatic N) is 10. The molecule has 0 spiro atoms. The average Bonchev–Trinajstić information content (AvgIpc) is 4.15. The summed E-state index contributed by atoms with van der Waals surface area (Å²) in [6, 6.07) is 84.2. The van der Waals surface area contributed by atoms with Crippen LogP contribution < -0.4 is 5.57 Å². The number of rotatable bonds is 10. The van der Waals surface area contributed by atoms with Gasteiger partial charge >= 0.3 is 0 Å². The van der Waals surface area contributed by atoms with E-state index in [9.17, 15) is 0 Å². The Hall–Kier alpha value is -10.7. The molecule has 15 aromatic rings. The lowest BCUT2D eigenvalue weighted by atomic mass is 9.98. The van der Waals surface area contributed by atoms with Gasteiger partial charge in [-0.15, -0.1) is 0 Å². The molecule has 380 valence electrons. The topological polar surface area (TPSA) is 134 Å². The summed E-state index contributed by atoms with van der Waals surface area (Å²) in [5, 5.41) is 3.99. The minimum Gasteiger partial charge on any atom is -0.456 e. The van der Waals surface area contributed by atoms with Crippen molar-refractivity contribution in [1.29, 1.82) is 0 Å². The first-order chi connectivity index (χ1) is 40.0. The van der Waals surface area contributed by atoms with Gasteiger partial charge in [0, 0.05) is 71.6 Å². The minimum absolute atomic E-state index is 0.541. The largest absolute Gasteiger partial charge is 0.456 e. The molecule has 0 radical (unpaired) electrons. The van der Waals surface area contributed by atoms with Crippen molar-refractivity contribution in [2.24, 2.45) is 0 Å². The predicted octanol–water partition coefficient (Wildman–Crippen LogP) is 15.7. The fourth-order valence-corrected chi connectivity index (χ4v) is 10.9. The van der Waals surface area contributed by atoms with Gasteiger partial charge in [-0.25, -0.2) is 44.9 Å². The van der Waals surface area contributed by atoms with E-state index in [1.54, 1.807) is 0 Å². The summed E-state index contributed by atoms with van der Waals surface area (Å²) >= 11 is 0. The van der Waals surface area contributed by atoms with Crippen LogP contribution in [0.1, 0.15) is 0 Å². The second-order valence-corrected chi connectivity index (χ2v) is 20.1. The second kappa shape index (κ2) is 19.9. The van der Waals surface area contributed by atoms with E-state index in [1.807, 2.05) is 170 Å². The molecule has 10 aromatic carbocycles. The SMILES string of the molecule is Pc1nc(-c2ccccc2)nc(-c2ccc3c(c2)c2cc(-c4nc(-c5ccccc5)nc(-c5ccccc5)n4)ccc2n3-c2ccc(-c3nc(-c4ccccc4)nc(-c4ccccc4)n3)cc2-c2ccc3oc4ccccc4c3c2)n1.